The van der Waals surface area contributed by atoms with E-state index in [1.807, 2.05) is 6.92 Å². The monoisotopic (exact) mass is 300 g/mol. The Morgan fingerprint density at radius 2 is 2.10 bits per heavy atom. The summed E-state index contributed by atoms with van der Waals surface area (Å²) in [5.74, 6) is -0.704. The number of halogens is 1. The van der Waals surface area contributed by atoms with Gasteiger partial charge in [0.25, 0.3) is 0 Å². The molecule has 6 heteroatoms. The van der Waals surface area contributed by atoms with Crippen LogP contribution in [0.4, 0.5) is 4.39 Å². The van der Waals surface area contributed by atoms with E-state index in [0.717, 1.165) is 31.2 Å². The van der Waals surface area contributed by atoms with Gasteiger partial charge >= 0.3 is 0 Å². The van der Waals surface area contributed by atoms with Crippen LogP contribution in [0.3, 0.4) is 0 Å². The minimum Gasteiger partial charge on any atom is -0.310 e. The maximum Gasteiger partial charge on any atom is 0.243 e. The zero-order valence-electron chi connectivity index (χ0n) is 11.7. The largest absolute Gasteiger partial charge is 0.310 e. The maximum absolute atomic E-state index is 13.7. The molecule has 0 saturated heterocycles. The number of nitrogens with one attached hydrogen (secondary N) is 2. The molecule has 4 nitrogen and oxygen atoms in total. The normalized spacial score (nSPS) is 15.5. The summed E-state index contributed by atoms with van der Waals surface area (Å²) in [5, 5.41) is 3.29. The van der Waals surface area contributed by atoms with Crippen LogP contribution in [0, 0.1) is 5.82 Å². The average Bonchev–Trinajstić information content (AvgIpc) is 3.22. The van der Waals surface area contributed by atoms with Crippen LogP contribution in [0.5, 0.6) is 0 Å². The van der Waals surface area contributed by atoms with Gasteiger partial charge in [-0.2, -0.15) is 0 Å². The first-order valence-electron chi connectivity index (χ1n) is 7.04. The number of unbranched alkanes of at least 4 members (excludes halogenated alkanes) is 1. The highest BCUT2D eigenvalue weighted by molar-refractivity contribution is 7.89. The second kappa shape index (κ2) is 6.65. The summed E-state index contributed by atoms with van der Waals surface area (Å²) in [6.45, 7) is 2.88. The quantitative estimate of drug-likeness (QED) is 0.723. The molecule has 0 atom stereocenters. The van der Waals surface area contributed by atoms with Crippen molar-refractivity contribution in [3.63, 3.8) is 0 Å². The lowest BCUT2D eigenvalue weighted by Crippen LogP contribution is -2.26. The summed E-state index contributed by atoms with van der Waals surface area (Å²) in [6, 6.07) is 4.79. The molecule has 0 aliphatic heterocycles. The molecule has 1 aromatic rings. The van der Waals surface area contributed by atoms with E-state index in [-0.39, 0.29) is 4.90 Å². The molecular weight excluding hydrogens is 279 g/mol. The van der Waals surface area contributed by atoms with Gasteiger partial charge in [0, 0.05) is 19.1 Å². The van der Waals surface area contributed by atoms with E-state index in [9.17, 15) is 12.8 Å². The summed E-state index contributed by atoms with van der Waals surface area (Å²) >= 11 is 0. The Balaban J connectivity index is 2.09. The van der Waals surface area contributed by atoms with Crippen molar-refractivity contribution in [1.82, 2.24) is 10.0 Å². The fraction of sp³-hybridized carbons (Fsp3) is 0.571. The molecule has 0 heterocycles. The van der Waals surface area contributed by atoms with Gasteiger partial charge in [0.2, 0.25) is 10.0 Å². The van der Waals surface area contributed by atoms with E-state index in [1.54, 1.807) is 6.07 Å². The smallest absolute Gasteiger partial charge is 0.243 e. The second-order valence-electron chi connectivity index (χ2n) is 5.17. The van der Waals surface area contributed by atoms with Crippen molar-refractivity contribution in [2.45, 2.75) is 50.1 Å². The standard InChI is InChI=1S/C14H21FN2O2S/c1-2-3-8-17-20(18,19)14-9-11(4-7-13(14)15)10-16-12-5-6-12/h4,7,9,12,16-17H,2-3,5-6,8,10H2,1H3. The average molecular weight is 300 g/mol. The fourth-order valence-corrected chi connectivity index (χ4v) is 3.07. The minimum absolute atomic E-state index is 0.260. The first kappa shape index (κ1) is 15.4. The predicted octanol–water partition coefficient (Wildman–Crippen LogP) is 2.16. The van der Waals surface area contributed by atoms with Gasteiger partial charge in [-0.1, -0.05) is 19.4 Å². The number of sulfonamides is 1. The van der Waals surface area contributed by atoms with Crippen LogP contribution in [0.1, 0.15) is 38.2 Å². The van der Waals surface area contributed by atoms with E-state index >= 15 is 0 Å². The first-order valence-corrected chi connectivity index (χ1v) is 8.52. The Labute approximate surface area is 119 Å². The van der Waals surface area contributed by atoms with E-state index in [2.05, 4.69) is 10.0 Å². The van der Waals surface area contributed by atoms with Gasteiger partial charge < -0.3 is 5.32 Å². The zero-order valence-corrected chi connectivity index (χ0v) is 12.5. The number of benzene rings is 1. The van der Waals surface area contributed by atoms with Gasteiger partial charge in [-0.05, 0) is 37.0 Å². The van der Waals surface area contributed by atoms with Crippen LogP contribution >= 0.6 is 0 Å². The third-order valence-corrected chi connectivity index (χ3v) is 4.76. The van der Waals surface area contributed by atoms with E-state index in [4.69, 9.17) is 0 Å². The van der Waals surface area contributed by atoms with Gasteiger partial charge in [-0.3, -0.25) is 0 Å². The molecule has 2 rings (SSSR count). The summed E-state index contributed by atoms with van der Waals surface area (Å²) in [4.78, 5) is -0.260. The van der Waals surface area contributed by atoms with E-state index in [1.165, 1.54) is 12.1 Å². The van der Waals surface area contributed by atoms with Crippen molar-refractivity contribution in [3.8, 4) is 0 Å². The molecule has 112 valence electrons. The summed E-state index contributed by atoms with van der Waals surface area (Å²) in [6.07, 6.45) is 3.94. The van der Waals surface area contributed by atoms with E-state index < -0.39 is 15.8 Å². The van der Waals surface area contributed by atoms with Crippen LogP contribution in [0.2, 0.25) is 0 Å². The molecule has 1 aliphatic carbocycles. The second-order valence-corrected chi connectivity index (χ2v) is 6.91. The molecule has 0 unspecified atom stereocenters. The van der Waals surface area contributed by atoms with Crippen LogP contribution < -0.4 is 10.0 Å². The lowest BCUT2D eigenvalue weighted by molar-refractivity contribution is 0.553. The van der Waals surface area contributed by atoms with Gasteiger partial charge in [0.1, 0.15) is 10.7 Å². The maximum atomic E-state index is 13.7. The molecule has 0 bridgehead atoms. The van der Waals surface area contributed by atoms with Crippen molar-refractivity contribution < 1.29 is 12.8 Å². The highest BCUT2D eigenvalue weighted by Gasteiger charge is 2.22. The molecule has 1 fully saturated rings. The van der Waals surface area contributed by atoms with Crippen molar-refractivity contribution in [2.24, 2.45) is 0 Å². The Kier molecular flexibility index (Phi) is 5.12. The van der Waals surface area contributed by atoms with Crippen molar-refractivity contribution in [2.75, 3.05) is 6.54 Å². The first-order chi connectivity index (χ1) is 9.53. The SMILES string of the molecule is CCCCNS(=O)(=O)c1cc(CNC2CC2)ccc1F. The number of hydrogen-bond acceptors (Lipinski definition) is 3. The number of hydrogen-bond donors (Lipinski definition) is 2. The highest BCUT2D eigenvalue weighted by atomic mass is 32.2. The molecule has 1 aliphatic rings. The fourth-order valence-electron chi connectivity index (χ4n) is 1.87. The lowest BCUT2D eigenvalue weighted by atomic mass is 10.2. The third-order valence-electron chi connectivity index (χ3n) is 3.28. The summed E-state index contributed by atoms with van der Waals surface area (Å²) < 4.78 is 40.3. The minimum atomic E-state index is -3.76. The zero-order chi connectivity index (χ0) is 14.6. The summed E-state index contributed by atoms with van der Waals surface area (Å²) in [5.41, 5.74) is 0.786. The molecule has 0 amide bonds. The molecule has 0 radical (unpaired) electrons. The van der Waals surface area contributed by atoms with Crippen LogP contribution in [0.15, 0.2) is 23.1 Å². The van der Waals surface area contributed by atoms with Gasteiger partial charge in [0.15, 0.2) is 0 Å². The van der Waals surface area contributed by atoms with Crippen LogP contribution in [-0.2, 0) is 16.6 Å². The molecule has 1 saturated carbocycles. The molecular formula is C14H21FN2O2S. The Morgan fingerprint density at radius 1 is 1.35 bits per heavy atom. The summed E-state index contributed by atoms with van der Waals surface area (Å²) in [7, 11) is -3.76. The Bertz CT molecular complexity index is 556. The lowest BCUT2D eigenvalue weighted by Gasteiger charge is -2.10. The Hall–Kier alpha value is -0.980. The van der Waals surface area contributed by atoms with E-state index in [0.29, 0.717) is 19.1 Å². The van der Waals surface area contributed by atoms with Crippen molar-refractivity contribution >= 4 is 10.0 Å². The van der Waals surface area contributed by atoms with Gasteiger partial charge in [-0.15, -0.1) is 0 Å². The molecule has 0 spiro atoms. The molecule has 1 aromatic carbocycles. The molecule has 20 heavy (non-hydrogen) atoms. The molecule has 0 aromatic heterocycles. The predicted molar refractivity (Wildman–Crippen MR) is 76.4 cm³/mol. The number of rotatable bonds is 8. The van der Waals surface area contributed by atoms with Crippen LogP contribution in [0.25, 0.3) is 0 Å². The highest BCUT2D eigenvalue weighted by Crippen LogP contribution is 2.21. The third kappa shape index (κ3) is 4.26. The van der Waals surface area contributed by atoms with Crippen molar-refractivity contribution in [3.05, 3.63) is 29.6 Å². The Morgan fingerprint density at radius 3 is 2.75 bits per heavy atom. The van der Waals surface area contributed by atoms with Crippen molar-refractivity contribution in [1.29, 1.82) is 0 Å². The van der Waals surface area contributed by atoms with Gasteiger partial charge in [0.05, 0.1) is 0 Å². The topological polar surface area (TPSA) is 58.2 Å². The molecule has 2 N–H and O–H groups in total. The van der Waals surface area contributed by atoms with Crippen LogP contribution in [-0.4, -0.2) is 21.0 Å². The van der Waals surface area contributed by atoms with Gasteiger partial charge in [-0.25, -0.2) is 17.5 Å².